The molecule has 1 aliphatic heterocycles. The van der Waals surface area contributed by atoms with E-state index in [4.69, 9.17) is 9.47 Å². The van der Waals surface area contributed by atoms with Crippen molar-refractivity contribution in [3.05, 3.63) is 42.4 Å². The molecule has 2 fully saturated rings. The highest BCUT2D eigenvalue weighted by atomic mass is 16.6. The van der Waals surface area contributed by atoms with Crippen molar-refractivity contribution in [3.63, 3.8) is 0 Å². The molecule has 1 aliphatic carbocycles. The van der Waals surface area contributed by atoms with Gasteiger partial charge in [0.1, 0.15) is 11.4 Å². The van der Waals surface area contributed by atoms with Gasteiger partial charge in [-0.1, -0.05) is 12.1 Å². The van der Waals surface area contributed by atoms with E-state index in [-0.39, 0.29) is 35.5 Å². The van der Waals surface area contributed by atoms with Crippen LogP contribution in [-0.2, 0) is 9.53 Å². The van der Waals surface area contributed by atoms with E-state index in [1.807, 2.05) is 49.8 Å². The summed E-state index contributed by atoms with van der Waals surface area (Å²) < 4.78 is 13.1. The Morgan fingerprint density at radius 3 is 2.49 bits per heavy atom. The van der Waals surface area contributed by atoms with Crippen LogP contribution in [0.5, 0.6) is 5.75 Å². The molecule has 41 heavy (non-hydrogen) atoms. The quantitative estimate of drug-likeness (QED) is 0.374. The maximum Gasteiger partial charge on any atom is 0.410 e. The van der Waals surface area contributed by atoms with E-state index in [0.717, 1.165) is 24.0 Å². The number of nitrogens with zero attached hydrogens (tertiary/aromatic N) is 5. The summed E-state index contributed by atoms with van der Waals surface area (Å²) in [5, 5.41) is 21.2. The number of methoxy groups -OCH3 is 1. The lowest BCUT2D eigenvalue weighted by molar-refractivity contribution is -0.117. The molecular weight excluding hydrogens is 528 g/mol. The lowest BCUT2D eigenvalue weighted by Crippen LogP contribution is -2.52. The molecule has 0 atom stereocenters. The van der Waals surface area contributed by atoms with Gasteiger partial charge in [0, 0.05) is 49.4 Å². The Labute approximate surface area is 237 Å². The number of carbonyl (C=O) groups is 3. The van der Waals surface area contributed by atoms with Gasteiger partial charge >= 0.3 is 6.09 Å². The van der Waals surface area contributed by atoms with Crippen LogP contribution >= 0.6 is 0 Å². The Bertz CT molecular complexity index is 1470. The van der Waals surface area contributed by atoms with E-state index in [1.165, 1.54) is 7.05 Å². The van der Waals surface area contributed by atoms with Gasteiger partial charge in [0.15, 0.2) is 11.5 Å². The van der Waals surface area contributed by atoms with Crippen LogP contribution in [-0.4, -0.2) is 75.6 Å². The number of hydrogen-bond donors (Lipinski definition) is 3. The first-order valence-electron chi connectivity index (χ1n) is 13.4. The third kappa shape index (κ3) is 6.23. The fraction of sp³-hybridized carbons (Fsp3) is 0.429. The molecule has 1 aromatic carbocycles. The molecule has 0 bridgehead atoms. The van der Waals surface area contributed by atoms with Crippen molar-refractivity contribution >= 4 is 35.1 Å². The second-order valence-electron chi connectivity index (χ2n) is 11.1. The van der Waals surface area contributed by atoms with Crippen LogP contribution in [0.25, 0.3) is 11.1 Å². The topological polar surface area (TPSA) is 153 Å². The minimum atomic E-state index is -0.545. The molecule has 2 aromatic heterocycles. The predicted molar refractivity (Wildman–Crippen MR) is 151 cm³/mol. The maximum atomic E-state index is 12.5. The van der Waals surface area contributed by atoms with Gasteiger partial charge in [-0.15, -0.1) is 10.2 Å². The van der Waals surface area contributed by atoms with E-state index in [9.17, 15) is 14.4 Å². The van der Waals surface area contributed by atoms with E-state index < -0.39 is 11.5 Å². The van der Waals surface area contributed by atoms with Crippen molar-refractivity contribution in [2.75, 3.05) is 37.9 Å². The number of aromatic nitrogens is 4. The molecule has 3 N–H and O–H groups in total. The van der Waals surface area contributed by atoms with Gasteiger partial charge in [-0.3, -0.25) is 14.3 Å². The first-order valence-corrected chi connectivity index (χ1v) is 13.4. The zero-order valence-corrected chi connectivity index (χ0v) is 23.7. The number of rotatable bonds is 8. The van der Waals surface area contributed by atoms with Crippen molar-refractivity contribution in [2.24, 2.45) is 5.92 Å². The first-order chi connectivity index (χ1) is 19.6. The van der Waals surface area contributed by atoms with Gasteiger partial charge < -0.3 is 30.3 Å². The van der Waals surface area contributed by atoms with Crippen LogP contribution in [0.1, 0.15) is 50.1 Å². The van der Waals surface area contributed by atoms with Gasteiger partial charge in [-0.25, -0.2) is 4.79 Å². The van der Waals surface area contributed by atoms with Crippen molar-refractivity contribution in [2.45, 2.75) is 45.3 Å². The van der Waals surface area contributed by atoms with Gasteiger partial charge in [0.05, 0.1) is 30.7 Å². The highest BCUT2D eigenvalue weighted by Gasteiger charge is 2.35. The number of benzene rings is 1. The van der Waals surface area contributed by atoms with Crippen LogP contribution < -0.4 is 20.7 Å². The Morgan fingerprint density at radius 2 is 1.83 bits per heavy atom. The summed E-state index contributed by atoms with van der Waals surface area (Å²) in [6.07, 6.45) is 5.02. The van der Waals surface area contributed by atoms with Gasteiger partial charge in [-0.05, 0) is 39.7 Å². The second kappa shape index (κ2) is 11.1. The van der Waals surface area contributed by atoms with Crippen LogP contribution in [0, 0.1) is 5.92 Å². The number of carbonyl (C=O) groups excluding carboxylic acids is 3. The molecule has 13 nitrogen and oxygen atoms in total. The van der Waals surface area contributed by atoms with E-state index in [2.05, 4.69) is 31.2 Å². The molecule has 3 amide bonds. The SMILES string of the molecule is CNC(=O)c1nnc(NC(=O)C2CC2)cc1Nc1cccc(-c2cnn(C3CN(C(=O)OC(C)(C)C)C3)c2)c1OC. The van der Waals surface area contributed by atoms with E-state index >= 15 is 0 Å². The zero-order chi connectivity index (χ0) is 29.3. The Balaban J connectivity index is 1.36. The van der Waals surface area contributed by atoms with Crippen molar-refractivity contribution in [1.29, 1.82) is 0 Å². The molecule has 0 spiro atoms. The van der Waals surface area contributed by atoms with Crippen LogP contribution in [0.4, 0.5) is 22.0 Å². The molecular formula is C28H34N8O5. The third-order valence-electron chi connectivity index (χ3n) is 6.72. The van der Waals surface area contributed by atoms with Crippen molar-refractivity contribution in [1.82, 2.24) is 30.2 Å². The summed E-state index contributed by atoms with van der Waals surface area (Å²) in [6.45, 7) is 6.54. The van der Waals surface area contributed by atoms with Gasteiger partial charge in [0.25, 0.3) is 5.91 Å². The molecule has 5 rings (SSSR count). The number of ether oxygens (including phenoxy) is 2. The number of likely N-dealkylation sites (tertiary alicyclic amines) is 1. The molecule has 0 radical (unpaired) electrons. The molecule has 3 aromatic rings. The summed E-state index contributed by atoms with van der Waals surface area (Å²) >= 11 is 0. The van der Waals surface area contributed by atoms with Gasteiger partial charge in [0.2, 0.25) is 5.91 Å². The summed E-state index contributed by atoms with van der Waals surface area (Å²) in [6, 6.07) is 7.19. The molecule has 3 heterocycles. The maximum absolute atomic E-state index is 12.5. The average molecular weight is 563 g/mol. The highest BCUT2D eigenvalue weighted by molar-refractivity contribution is 6.00. The molecule has 13 heteroatoms. The highest BCUT2D eigenvalue weighted by Crippen LogP contribution is 2.39. The fourth-order valence-electron chi connectivity index (χ4n) is 4.41. The molecule has 216 valence electrons. The van der Waals surface area contributed by atoms with E-state index in [0.29, 0.717) is 30.2 Å². The molecule has 2 aliphatic rings. The lowest BCUT2D eigenvalue weighted by atomic mass is 10.1. The minimum Gasteiger partial charge on any atom is -0.494 e. The van der Waals surface area contributed by atoms with Crippen molar-refractivity contribution < 1.29 is 23.9 Å². The molecule has 1 saturated carbocycles. The number of anilines is 3. The standard InChI is InChI=1S/C28H34N8O5/c1-28(2,3)41-27(39)35-14-18(15-35)36-13-17(12-30-36)19-7-6-8-20(24(19)40-5)31-21-11-22(32-25(37)16-9-10-16)33-34-23(21)26(38)29-4/h6-8,11-13,16,18H,9-10,14-15H2,1-5H3,(H,29,38)(H2,31,32,33,37). The summed E-state index contributed by atoms with van der Waals surface area (Å²) in [4.78, 5) is 38.8. The summed E-state index contributed by atoms with van der Waals surface area (Å²) in [5.41, 5.74) is 2.05. The molecule has 1 saturated heterocycles. The average Bonchev–Trinajstić information content (AvgIpc) is 3.64. The lowest BCUT2D eigenvalue weighted by Gasteiger charge is -2.39. The predicted octanol–water partition coefficient (Wildman–Crippen LogP) is 3.59. The second-order valence-corrected chi connectivity index (χ2v) is 11.1. The smallest absolute Gasteiger partial charge is 0.410 e. The normalized spacial score (nSPS) is 15.1. The van der Waals surface area contributed by atoms with Crippen LogP contribution in [0.15, 0.2) is 36.7 Å². The Kier molecular flexibility index (Phi) is 7.52. The van der Waals surface area contributed by atoms with E-state index in [1.54, 1.807) is 24.3 Å². The Hall–Kier alpha value is -4.68. The minimum absolute atomic E-state index is 0.00941. The first kappa shape index (κ1) is 27.9. The molecule has 0 unspecified atom stereocenters. The number of para-hydroxylation sites is 1. The zero-order valence-electron chi connectivity index (χ0n) is 23.7. The van der Waals surface area contributed by atoms with Crippen LogP contribution in [0.3, 0.4) is 0 Å². The number of nitrogens with one attached hydrogen (secondary N) is 3. The third-order valence-corrected chi connectivity index (χ3v) is 6.72. The van der Waals surface area contributed by atoms with Crippen LogP contribution in [0.2, 0.25) is 0 Å². The largest absolute Gasteiger partial charge is 0.494 e. The number of amides is 3. The summed E-state index contributed by atoms with van der Waals surface area (Å²) in [5.74, 6) is 0.214. The van der Waals surface area contributed by atoms with Gasteiger partial charge in [-0.2, -0.15) is 5.10 Å². The Morgan fingerprint density at radius 1 is 1.07 bits per heavy atom. The number of hydrogen-bond acceptors (Lipinski definition) is 9. The summed E-state index contributed by atoms with van der Waals surface area (Å²) in [7, 11) is 3.06. The van der Waals surface area contributed by atoms with Crippen molar-refractivity contribution in [3.8, 4) is 16.9 Å². The fourth-order valence-corrected chi connectivity index (χ4v) is 4.41. The monoisotopic (exact) mass is 562 g/mol.